The van der Waals surface area contributed by atoms with Gasteiger partial charge in [-0.1, -0.05) is 37.3 Å². The number of benzene rings is 1. The molecule has 98 valence electrons. The third kappa shape index (κ3) is 4.78. The van der Waals surface area contributed by atoms with Crippen LogP contribution in [0.25, 0.3) is 0 Å². The smallest absolute Gasteiger partial charge is 0.323 e. The molecule has 17 heavy (non-hydrogen) atoms. The number of hydrogen-bond acceptors (Lipinski definition) is 3. The molecular formula is C11H19ClNO3P. The molecule has 6 heteroatoms. The summed E-state index contributed by atoms with van der Waals surface area (Å²) in [4.78, 5) is 9.75. The number of rotatable bonds is 5. The molecule has 0 radical (unpaired) electrons. The molecule has 0 saturated heterocycles. The standard InChI is InChI=1S/C11H18NO3P.ClH/c1-3-9(2)15-16(13,14)11(12)10-7-5-4-6-8-10;/h4-9,11H,3,12H2,1-2H3,(H,13,14);1H. The normalized spacial score (nSPS) is 17.6. The van der Waals surface area contributed by atoms with Crippen LogP contribution < -0.4 is 5.73 Å². The summed E-state index contributed by atoms with van der Waals surface area (Å²) in [5.41, 5.74) is 6.35. The van der Waals surface area contributed by atoms with Crippen LogP contribution in [0, 0.1) is 0 Å². The van der Waals surface area contributed by atoms with Gasteiger partial charge in [-0.2, -0.15) is 0 Å². The third-order valence-electron chi connectivity index (χ3n) is 2.40. The largest absolute Gasteiger partial charge is 0.349 e. The maximum atomic E-state index is 11.9. The highest BCUT2D eigenvalue weighted by Gasteiger charge is 2.31. The van der Waals surface area contributed by atoms with Crippen molar-refractivity contribution in [3.05, 3.63) is 35.9 Å². The zero-order chi connectivity index (χ0) is 12.2. The van der Waals surface area contributed by atoms with E-state index < -0.39 is 13.4 Å². The Morgan fingerprint density at radius 3 is 2.41 bits per heavy atom. The van der Waals surface area contributed by atoms with Crippen LogP contribution in [-0.4, -0.2) is 11.0 Å². The zero-order valence-corrected chi connectivity index (χ0v) is 11.7. The molecule has 3 atom stereocenters. The van der Waals surface area contributed by atoms with Gasteiger partial charge in [-0.15, -0.1) is 12.4 Å². The highest BCUT2D eigenvalue weighted by molar-refractivity contribution is 7.53. The molecule has 1 aromatic carbocycles. The fraction of sp³-hybridized carbons (Fsp3) is 0.455. The van der Waals surface area contributed by atoms with Crippen molar-refractivity contribution in [1.29, 1.82) is 0 Å². The molecule has 0 aliphatic rings. The molecule has 1 aromatic rings. The van der Waals surface area contributed by atoms with Crippen LogP contribution >= 0.6 is 20.0 Å². The SMILES string of the molecule is CCC(C)O[P@@](=O)(O)C(N)c1ccccc1.Cl. The van der Waals surface area contributed by atoms with Gasteiger partial charge in [0.2, 0.25) is 0 Å². The van der Waals surface area contributed by atoms with E-state index >= 15 is 0 Å². The van der Waals surface area contributed by atoms with Crippen LogP contribution in [-0.2, 0) is 9.09 Å². The lowest BCUT2D eigenvalue weighted by Gasteiger charge is -2.22. The lowest BCUT2D eigenvalue weighted by molar-refractivity contribution is 0.180. The predicted molar refractivity (Wildman–Crippen MR) is 71.3 cm³/mol. The van der Waals surface area contributed by atoms with Crippen LogP contribution in [0.15, 0.2) is 30.3 Å². The summed E-state index contributed by atoms with van der Waals surface area (Å²) in [5.74, 6) is -0.984. The molecular weight excluding hydrogens is 261 g/mol. The molecule has 0 aromatic heterocycles. The van der Waals surface area contributed by atoms with E-state index in [1.165, 1.54) is 0 Å². The van der Waals surface area contributed by atoms with Crippen molar-refractivity contribution < 1.29 is 14.0 Å². The van der Waals surface area contributed by atoms with Crippen LogP contribution in [0.3, 0.4) is 0 Å². The summed E-state index contributed by atoms with van der Waals surface area (Å²) in [6.45, 7) is 3.64. The highest BCUT2D eigenvalue weighted by Crippen LogP contribution is 2.54. The maximum Gasteiger partial charge on any atom is 0.349 e. The van der Waals surface area contributed by atoms with Gasteiger partial charge in [0.15, 0.2) is 0 Å². The van der Waals surface area contributed by atoms with Crippen LogP contribution in [0.5, 0.6) is 0 Å². The van der Waals surface area contributed by atoms with E-state index in [0.29, 0.717) is 12.0 Å². The summed E-state index contributed by atoms with van der Waals surface area (Å²) in [6.07, 6.45) is 0.400. The van der Waals surface area contributed by atoms with E-state index in [1.807, 2.05) is 13.0 Å². The Morgan fingerprint density at radius 1 is 1.41 bits per heavy atom. The monoisotopic (exact) mass is 279 g/mol. The van der Waals surface area contributed by atoms with Crippen LogP contribution in [0.4, 0.5) is 0 Å². The van der Waals surface area contributed by atoms with Crippen molar-refractivity contribution in [2.75, 3.05) is 0 Å². The molecule has 1 rings (SSSR count). The van der Waals surface area contributed by atoms with E-state index in [0.717, 1.165) is 0 Å². The lowest BCUT2D eigenvalue weighted by atomic mass is 10.2. The average Bonchev–Trinajstić information content (AvgIpc) is 2.28. The van der Waals surface area contributed by atoms with Gasteiger partial charge in [-0.25, -0.2) is 0 Å². The quantitative estimate of drug-likeness (QED) is 0.813. The summed E-state index contributed by atoms with van der Waals surface area (Å²) in [7, 11) is -3.80. The van der Waals surface area contributed by atoms with Gasteiger partial charge < -0.3 is 15.2 Å². The van der Waals surface area contributed by atoms with E-state index in [2.05, 4.69) is 0 Å². The zero-order valence-electron chi connectivity index (χ0n) is 9.95. The molecule has 0 bridgehead atoms. The van der Waals surface area contributed by atoms with Gasteiger partial charge >= 0.3 is 7.60 Å². The number of nitrogens with two attached hydrogens (primary N) is 1. The highest BCUT2D eigenvalue weighted by atomic mass is 35.5. The third-order valence-corrected chi connectivity index (χ3v) is 4.06. The fourth-order valence-electron chi connectivity index (χ4n) is 1.24. The fourth-order valence-corrected chi connectivity index (χ4v) is 2.58. The Hall–Kier alpha value is -0.380. The Bertz CT molecular complexity index is 374. The van der Waals surface area contributed by atoms with Crippen LogP contribution in [0.1, 0.15) is 31.6 Å². The van der Waals surface area contributed by atoms with Gasteiger partial charge in [-0.3, -0.25) is 4.57 Å². The Labute approximate surface area is 108 Å². The molecule has 0 aliphatic carbocycles. The van der Waals surface area contributed by atoms with Gasteiger partial charge in [0.1, 0.15) is 5.78 Å². The first kappa shape index (κ1) is 16.6. The number of hydrogen-bond donors (Lipinski definition) is 2. The average molecular weight is 280 g/mol. The van der Waals surface area contributed by atoms with Crippen molar-refractivity contribution in [3.8, 4) is 0 Å². The summed E-state index contributed by atoms with van der Waals surface area (Å²) in [5, 5.41) is 0. The molecule has 0 aliphatic heterocycles. The molecule has 3 N–H and O–H groups in total. The Balaban J connectivity index is 0.00000256. The van der Waals surface area contributed by atoms with E-state index in [4.69, 9.17) is 10.3 Å². The van der Waals surface area contributed by atoms with Crippen molar-refractivity contribution in [1.82, 2.24) is 0 Å². The second-order valence-corrected chi connectivity index (χ2v) is 5.64. The molecule has 0 saturated carbocycles. The first-order chi connectivity index (χ1) is 7.47. The summed E-state index contributed by atoms with van der Waals surface area (Å²) < 4.78 is 17.0. The van der Waals surface area contributed by atoms with Crippen molar-refractivity contribution in [2.45, 2.75) is 32.2 Å². The van der Waals surface area contributed by atoms with Crippen molar-refractivity contribution in [2.24, 2.45) is 5.73 Å². The lowest BCUT2D eigenvalue weighted by Crippen LogP contribution is -2.15. The van der Waals surface area contributed by atoms with E-state index in [1.54, 1.807) is 31.2 Å². The minimum Gasteiger partial charge on any atom is -0.323 e. The minimum atomic E-state index is -3.80. The van der Waals surface area contributed by atoms with E-state index in [-0.39, 0.29) is 18.5 Å². The molecule has 0 spiro atoms. The minimum absolute atomic E-state index is 0. The summed E-state index contributed by atoms with van der Waals surface area (Å²) in [6, 6.07) is 8.81. The van der Waals surface area contributed by atoms with Gasteiger partial charge in [0.25, 0.3) is 0 Å². The molecule has 4 nitrogen and oxygen atoms in total. The van der Waals surface area contributed by atoms with Crippen molar-refractivity contribution in [3.63, 3.8) is 0 Å². The molecule has 0 amide bonds. The van der Waals surface area contributed by atoms with E-state index in [9.17, 15) is 9.46 Å². The van der Waals surface area contributed by atoms with Crippen LogP contribution in [0.2, 0.25) is 0 Å². The van der Waals surface area contributed by atoms with Gasteiger partial charge in [0.05, 0.1) is 6.10 Å². The number of halogens is 1. The molecule has 0 heterocycles. The molecule has 0 fully saturated rings. The van der Waals surface area contributed by atoms with Gasteiger partial charge in [-0.05, 0) is 18.9 Å². The molecule has 2 unspecified atom stereocenters. The summed E-state index contributed by atoms with van der Waals surface area (Å²) >= 11 is 0. The van der Waals surface area contributed by atoms with Crippen molar-refractivity contribution >= 4 is 20.0 Å². The Morgan fingerprint density at radius 2 is 1.94 bits per heavy atom. The maximum absolute atomic E-state index is 11.9. The second kappa shape index (κ2) is 7.14. The second-order valence-electron chi connectivity index (χ2n) is 3.74. The topological polar surface area (TPSA) is 72.5 Å². The Kier molecular flexibility index (Phi) is 6.98. The first-order valence-electron chi connectivity index (χ1n) is 5.28. The van der Waals surface area contributed by atoms with Gasteiger partial charge in [0, 0.05) is 0 Å². The predicted octanol–water partition coefficient (Wildman–Crippen LogP) is 3.07. The first-order valence-corrected chi connectivity index (χ1v) is 6.93.